The zero-order valence-corrected chi connectivity index (χ0v) is 14.5. The molecule has 136 valence electrons. The zero-order valence-electron chi connectivity index (χ0n) is 13.7. The summed E-state index contributed by atoms with van der Waals surface area (Å²) in [6.07, 6.45) is 1.47. The van der Waals surface area contributed by atoms with Crippen molar-refractivity contribution in [1.29, 1.82) is 0 Å². The first-order valence-electron chi connectivity index (χ1n) is 7.60. The molecule has 0 spiro atoms. The van der Waals surface area contributed by atoms with Crippen molar-refractivity contribution in [3.63, 3.8) is 0 Å². The second-order valence-electron chi connectivity index (χ2n) is 5.35. The Balaban J connectivity index is 1.70. The van der Waals surface area contributed by atoms with Crippen LogP contribution in [0, 0.1) is 10.1 Å². The van der Waals surface area contributed by atoms with Gasteiger partial charge in [-0.25, -0.2) is 4.79 Å². The fourth-order valence-corrected chi connectivity index (χ4v) is 3.07. The quantitative estimate of drug-likeness (QED) is 0.285. The Hall–Kier alpha value is -3.53. The average Bonchev–Trinajstić information content (AvgIpc) is 3.14. The molecular formula is C17H12N4O5S. The molecule has 1 aromatic heterocycles. The van der Waals surface area contributed by atoms with E-state index >= 15 is 0 Å². The van der Waals surface area contributed by atoms with Crippen LogP contribution in [0.5, 0.6) is 0 Å². The summed E-state index contributed by atoms with van der Waals surface area (Å²) in [6.45, 7) is 0. The van der Waals surface area contributed by atoms with Crippen LogP contribution in [0.4, 0.5) is 5.69 Å². The van der Waals surface area contributed by atoms with Crippen LogP contribution in [0.15, 0.2) is 60.0 Å². The van der Waals surface area contributed by atoms with Gasteiger partial charge in [-0.15, -0.1) is 10.2 Å². The van der Waals surface area contributed by atoms with Gasteiger partial charge in [-0.05, 0) is 36.4 Å². The van der Waals surface area contributed by atoms with Crippen molar-refractivity contribution >= 4 is 29.2 Å². The van der Waals surface area contributed by atoms with Crippen molar-refractivity contribution < 1.29 is 19.6 Å². The molecule has 0 unspecified atom stereocenters. The van der Waals surface area contributed by atoms with Gasteiger partial charge in [-0.1, -0.05) is 11.8 Å². The van der Waals surface area contributed by atoms with Crippen molar-refractivity contribution in [2.75, 3.05) is 5.75 Å². The summed E-state index contributed by atoms with van der Waals surface area (Å²) in [5.74, 6) is -1.15. The predicted octanol–water partition coefficient (Wildman–Crippen LogP) is 2.85. The number of aromatic carboxylic acids is 1. The molecule has 0 radical (unpaired) electrons. The van der Waals surface area contributed by atoms with Crippen LogP contribution in [-0.2, 0) is 0 Å². The second kappa shape index (κ2) is 7.79. The first-order chi connectivity index (χ1) is 13.0. The number of benzene rings is 2. The predicted molar refractivity (Wildman–Crippen MR) is 96.5 cm³/mol. The van der Waals surface area contributed by atoms with E-state index in [0.717, 1.165) is 11.8 Å². The number of nitro groups is 1. The number of carbonyl (C=O) groups excluding carboxylic acids is 1. The maximum absolute atomic E-state index is 12.3. The number of ketones is 1. The lowest BCUT2D eigenvalue weighted by atomic mass is 10.1. The van der Waals surface area contributed by atoms with E-state index in [1.807, 2.05) is 0 Å². The van der Waals surface area contributed by atoms with Gasteiger partial charge in [-0.3, -0.25) is 19.5 Å². The number of Topliss-reactive ketones (excluding diaryl/α,β-unsaturated/α-hetero) is 1. The van der Waals surface area contributed by atoms with Gasteiger partial charge in [-0.2, -0.15) is 0 Å². The summed E-state index contributed by atoms with van der Waals surface area (Å²) < 4.78 is 1.64. The molecule has 9 nitrogen and oxygen atoms in total. The van der Waals surface area contributed by atoms with Gasteiger partial charge in [0.1, 0.15) is 6.33 Å². The van der Waals surface area contributed by atoms with E-state index in [4.69, 9.17) is 5.11 Å². The Morgan fingerprint density at radius 3 is 2.30 bits per heavy atom. The standard InChI is InChI=1S/C17H12N4O5S/c22-15(11-1-7-14(8-2-11)21(25)26)9-27-17-19-18-10-20(17)13-5-3-12(4-6-13)16(23)24/h1-8,10H,9H2,(H,23,24). The largest absolute Gasteiger partial charge is 0.478 e. The highest BCUT2D eigenvalue weighted by atomic mass is 32.2. The molecule has 0 saturated carbocycles. The molecule has 0 fully saturated rings. The summed E-state index contributed by atoms with van der Waals surface area (Å²) >= 11 is 1.16. The van der Waals surface area contributed by atoms with Gasteiger partial charge in [0.05, 0.1) is 16.2 Å². The van der Waals surface area contributed by atoms with Crippen molar-refractivity contribution in [2.45, 2.75) is 5.16 Å². The molecular weight excluding hydrogens is 372 g/mol. The van der Waals surface area contributed by atoms with Crippen molar-refractivity contribution in [3.8, 4) is 5.69 Å². The van der Waals surface area contributed by atoms with Crippen molar-refractivity contribution in [2.24, 2.45) is 0 Å². The maximum atomic E-state index is 12.3. The topological polar surface area (TPSA) is 128 Å². The lowest BCUT2D eigenvalue weighted by molar-refractivity contribution is -0.384. The Kier molecular flexibility index (Phi) is 5.27. The zero-order chi connectivity index (χ0) is 19.4. The minimum Gasteiger partial charge on any atom is -0.478 e. The molecule has 0 aliphatic rings. The summed E-state index contributed by atoms with van der Waals surface area (Å²) in [5.41, 5.74) is 1.11. The Bertz CT molecular complexity index is 999. The Morgan fingerprint density at radius 2 is 1.70 bits per heavy atom. The molecule has 1 heterocycles. The molecule has 0 saturated heterocycles. The molecule has 3 rings (SSSR count). The van der Waals surface area contributed by atoms with Gasteiger partial charge in [0.15, 0.2) is 10.9 Å². The van der Waals surface area contributed by atoms with Crippen LogP contribution in [0.2, 0.25) is 0 Å². The normalized spacial score (nSPS) is 10.5. The average molecular weight is 384 g/mol. The van der Waals surface area contributed by atoms with Gasteiger partial charge >= 0.3 is 5.97 Å². The fraction of sp³-hybridized carbons (Fsp3) is 0.0588. The van der Waals surface area contributed by atoms with Crippen LogP contribution in [-0.4, -0.2) is 42.3 Å². The fourth-order valence-electron chi connectivity index (χ4n) is 2.25. The third-order valence-electron chi connectivity index (χ3n) is 3.64. The number of nitrogens with zero attached hydrogens (tertiary/aromatic N) is 4. The minimum atomic E-state index is -1.02. The Morgan fingerprint density at radius 1 is 1.07 bits per heavy atom. The summed E-state index contributed by atoms with van der Waals surface area (Å²) in [6, 6.07) is 11.6. The number of carbonyl (C=O) groups is 2. The van der Waals surface area contributed by atoms with Crippen LogP contribution in [0.1, 0.15) is 20.7 Å². The van der Waals surface area contributed by atoms with Gasteiger partial charge in [0.2, 0.25) is 0 Å². The number of rotatable bonds is 7. The van der Waals surface area contributed by atoms with E-state index in [2.05, 4.69) is 10.2 Å². The maximum Gasteiger partial charge on any atom is 0.335 e. The highest BCUT2D eigenvalue weighted by Crippen LogP contribution is 2.21. The molecule has 1 N–H and O–H groups in total. The molecule has 0 bridgehead atoms. The molecule has 0 aliphatic carbocycles. The second-order valence-corrected chi connectivity index (χ2v) is 6.29. The number of non-ortho nitro benzene ring substituents is 1. The molecule has 3 aromatic rings. The smallest absolute Gasteiger partial charge is 0.335 e. The van der Waals surface area contributed by atoms with E-state index in [-0.39, 0.29) is 22.8 Å². The number of thioether (sulfide) groups is 1. The summed E-state index contributed by atoms with van der Waals surface area (Å²) in [4.78, 5) is 33.3. The SMILES string of the molecule is O=C(O)c1ccc(-n2cnnc2SCC(=O)c2ccc([N+](=O)[O-])cc2)cc1. The number of carboxylic acid groups (broad SMARTS) is 1. The van der Waals surface area contributed by atoms with Crippen LogP contribution >= 0.6 is 11.8 Å². The van der Waals surface area contributed by atoms with Gasteiger partial charge in [0.25, 0.3) is 5.69 Å². The van der Waals surface area contributed by atoms with Crippen molar-refractivity contribution in [1.82, 2.24) is 14.8 Å². The number of carboxylic acids is 1. The number of nitro benzene ring substituents is 1. The molecule has 2 aromatic carbocycles. The van der Waals surface area contributed by atoms with Crippen LogP contribution in [0.3, 0.4) is 0 Å². The monoisotopic (exact) mass is 384 g/mol. The van der Waals surface area contributed by atoms with Gasteiger partial charge in [0, 0.05) is 23.4 Å². The molecule has 0 aliphatic heterocycles. The number of hydrogen-bond donors (Lipinski definition) is 1. The lowest BCUT2D eigenvalue weighted by Gasteiger charge is -2.06. The highest BCUT2D eigenvalue weighted by Gasteiger charge is 2.13. The molecule has 10 heteroatoms. The first kappa shape index (κ1) is 18.3. The molecule has 0 atom stereocenters. The molecule has 27 heavy (non-hydrogen) atoms. The summed E-state index contributed by atoms with van der Waals surface area (Å²) in [5, 5.41) is 27.9. The van der Waals surface area contributed by atoms with Crippen LogP contribution in [0.25, 0.3) is 5.69 Å². The Labute approximate surface area is 156 Å². The number of hydrogen-bond acceptors (Lipinski definition) is 7. The number of aromatic nitrogens is 3. The van der Waals surface area contributed by atoms with E-state index in [9.17, 15) is 19.7 Å². The highest BCUT2D eigenvalue weighted by molar-refractivity contribution is 7.99. The van der Waals surface area contributed by atoms with E-state index in [1.165, 1.54) is 42.7 Å². The van der Waals surface area contributed by atoms with Crippen molar-refractivity contribution in [3.05, 3.63) is 76.1 Å². The summed E-state index contributed by atoms with van der Waals surface area (Å²) in [7, 11) is 0. The van der Waals surface area contributed by atoms with Crippen LogP contribution < -0.4 is 0 Å². The lowest BCUT2D eigenvalue weighted by Crippen LogP contribution is -2.04. The van der Waals surface area contributed by atoms with E-state index in [0.29, 0.717) is 16.4 Å². The third-order valence-corrected chi connectivity index (χ3v) is 4.58. The van der Waals surface area contributed by atoms with E-state index in [1.54, 1.807) is 16.7 Å². The van der Waals surface area contributed by atoms with E-state index < -0.39 is 10.9 Å². The minimum absolute atomic E-state index is 0.0731. The van der Waals surface area contributed by atoms with Gasteiger partial charge < -0.3 is 5.11 Å². The third kappa shape index (κ3) is 4.18. The first-order valence-corrected chi connectivity index (χ1v) is 8.58. The molecule has 0 amide bonds.